The largest absolute Gasteiger partial charge is 0.480 e. The molecule has 8 nitrogen and oxygen atoms in total. The van der Waals surface area contributed by atoms with Crippen molar-refractivity contribution < 1.29 is 39.1 Å². The van der Waals surface area contributed by atoms with Crippen molar-refractivity contribution in [2.45, 2.75) is 36.8 Å². The molecule has 0 aromatic heterocycles. The summed E-state index contributed by atoms with van der Waals surface area (Å²) in [6, 6.07) is -1.36. The van der Waals surface area contributed by atoms with Gasteiger partial charge in [-0.2, -0.15) is 0 Å². The fourth-order valence-electron chi connectivity index (χ4n) is 1.45. The van der Waals surface area contributed by atoms with Gasteiger partial charge in [-0.25, -0.2) is 4.39 Å². The van der Waals surface area contributed by atoms with Gasteiger partial charge in [0.25, 0.3) is 0 Å². The van der Waals surface area contributed by atoms with Crippen molar-refractivity contribution >= 4 is 5.97 Å². The highest BCUT2D eigenvalue weighted by atomic mass is 18.2. The van der Waals surface area contributed by atoms with Crippen LogP contribution >= 0.6 is 0 Å². The minimum absolute atomic E-state index is 0.526. The number of carboxylic acids is 1. The standard InChI is InChI=1S/C9H16FNO7/c10-5-7(14)6(13)4(1-12)18-9(5)17-2-3(11)8(15)16/h3-7,9,12-14H,1-2,11H2,(H,15,16)/t3-,4+,5+,6+,7+,9?/m0/s1/i10-1. The Morgan fingerprint density at radius 1 is 1.44 bits per heavy atom. The van der Waals surface area contributed by atoms with E-state index in [-0.39, 0.29) is 0 Å². The van der Waals surface area contributed by atoms with Crippen LogP contribution in [0.3, 0.4) is 0 Å². The molecule has 0 aromatic rings. The number of hydrogen-bond acceptors (Lipinski definition) is 7. The lowest BCUT2D eigenvalue weighted by Crippen LogP contribution is -2.58. The summed E-state index contributed by atoms with van der Waals surface area (Å²) in [6.07, 6.45) is -8.24. The van der Waals surface area contributed by atoms with E-state index in [1.807, 2.05) is 0 Å². The van der Waals surface area contributed by atoms with Crippen molar-refractivity contribution in [3.63, 3.8) is 0 Å². The summed E-state index contributed by atoms with van der Waals surface area (Å²) in [5, 5.41) is 36.0. The first-order valence-corrected chi connectivity index (χ1v) is 5.25. The number of ether oxygens (including phenoxy) is 2. The summed E-state index contributed by atoms with van der Waals surface area (Å²) in [6.45, 7) is -1.17. The van der Waals surface area contributed by atoms with Crippen LogP contribution in [0.1, 0.15) is 0 Å². The first-order valence-electron chi connectivity index (χ1n) is 5.25. The summed E-state index contributed by atoms with van der Waals surface area (Å²) in [5.74, 6) is -1.33. The van der Waals surface area contributed by atoms with Gasteiger partial charge in [0, 0.05) is 0 Å². The summed E-state index contributed by atoms with van der Waals surface area (Å²) in [5.41, 5.74) is 5.14. The van der Waals surface area contributed by atoms with Gasteiger partial charge < -0.3 is 35.6 Å². The molecular formula is C9H16FNO7. The van der Waals surface area contributed by atoms with Crippen molar-refractivity contribution in [1.82, 2.24) is 0 Å². The number of carbonyl (C=O) groups is 1. The molecule has 0 bridgehead atoms. The van der Waals surface area contributed by atoms with Gasteiger partial charge in [-0.05, 0) is 0 Å². The highest BCUT2D eigenvalue weighted by Gasteiger charge is 2.45. The first-order chi connectivity index (χ1) is 8.38. The lowest BCUT2D eigenvalue weighted by molar-refractivity contribution is -0.287. The zero-order valence-corrected chi connectivity index (χ0v) is 9.35. The van der Waals surface area contributed by atoms with Crippen LogP contribution in [0.2, 0.25) is 0 Å². The Bertz CT molecular complexity index is 290. The van der Waals surface area contributed by atoms with E-state index in [1.165, 1.54) is 0 Å². The summed E-state index contributed by atoms with van der Waals surface area (Å²) < 4.78 is 23.2. The van der Waals surface area contributed by atoms with Crippen LogP contribution in [0.15, 0.2) is 0 Å². The molecule has 0 aromatic carbocycles. The van der Waals surface area contributed by atoms with Crippen LogP contribution in [-0.4, -0.2) is 76.4 Å². The minimum Gasteiger partial charge on any atom is -0.480 e. The summed E-state index contributed by atoms with van der Waals surface area (Å²) >= 11 is 0. The molecule has 0 amide bonds. The second-order valence-electron chi connectivity index (χ2n) is 3.93. The van der Waals surface area contributed by atoms with E-state index in [9.17, 15) is 19.4 Å². The first kappa shape index (κ1) is 15.2. The molecule has 1 fully saturated rings. The molecule has 1 saturated heterocycles. The van der Waals surface area contributed by atoms with Gasteiger partial charge in [-0.3, -0.25) is 4.79 Å². The molecule has 1 heterocycles. The highest BCUT2D eigenvalue weighted by Crippen LogP contribution is 2.24. The number of aliphatic hydroxyl groups excluding tert-OH is 3. The predicted octanol–water partition coefficient (Wildman–Crippen LogP) is -2.81. The maximum absolute atomic E-state index is 13.5. The average Bonchev–Trinajstić information content (AvgIpc) is 2.34. The third-order valence-corrected chi connectivity index (χ3v) is 2.56. The van der Waals surface area contributed by atoms with Gasteiger partial charge in [0.2, 0.25) is 0 Å². The second-order valence-corrected chi connectivity index (χ2v) is 3.93. The summed E-state index contributed by atoms with van der Waals surface area (Å²) in [4.78, 5) is 10.4. The fraction of sp³-hybridized carbons (Fsp3) is 0.889. The van der Waals surface area contributed by atoms with E-state index in [0.717, 1.165) is 0 Å². The normalized spacial score (nSPS) is 38.4. The molecular weight excluding hydrogens is 252 g/mol. The molecule has 106 valence electrons. The number of alkyl halides is 1. The van der Waals surface area contributed by atoms with E-state index < -0.39 is 56.0 Å². The van der Waals surface area contributed by atoms with Crippen molar-refractivity contribution in [2.24, 2.45) is 5.73 Å². The highest BCUT2D eigenvalue weighted by molar-refractivity contribution is 5.73. The third kappa shape index (κ3) is 3.34. The molecule has 0 spiro atoms. The Morgan fingerprint density at radius 2 is 2.06 bits per heavy atom. The van der Waals surface area contributed by atoms with Gasteiger partial charge >= 0.3 is 5.97 Å². The zero-order chi connectivity index (χ0) is 13.9. The van der Waals surface area contributed by atoms with E-state index in [4.69, 9.17) is 25.4 Å². The Hall–Kier alpha value is -0.840. The fourth-order valence-corrected chi connectivity index (χ4v) is 1.45. The third-order valence-electron chi connectivity index (χ3n) is 2.56. The van der Waals surface area contributed by atoms with Gasteiger partial charge in [-0.1, -0.05) is 0 Å². The lowest BCUT2D eigenvalue weighted by atomic mass is 10.0. The van der Waals surface area contributed by atoms with E-state index in [0.29, 0.717) is 0 Å². The van der Waals surface area contributed by atoms with Crippen LogP contribution in [-0.2, 0) is 14.3 Å². The molecule has 6 N–H and O–H groups in total. The van der Waals surface area contributed by atoms with Gasteiger partial charge in [0.1, 0.15) is 24.4 Å². The number of aliphatic hydroxyl groups is 3. The molecule has 0 radical (unpaired) electrons. The Balaban J connectivity index is 2.56. The SMILES string of the molecule is N[C@@H](COC1O[C@H](CO)[C@@H](O)[C@H](O)[C@H]1[18F])C(=O)O. The average molecular weight is 268 g/mol. The Kier molecular flexibility index (Phi) is 5.38. The van der Waals surface area contributed by atoms with Crippen molar-refractivity contribution in [3.8, 4) is 0 Å². The quantitative estimate of drug-likeness (QED) is 0.359. The maximum Gasteiger partial charge on any atom is 0.322 e. The Labute approximate surface area is 102 Å². The molecule has 1 unspecified atom stereocenters. The molecule has 1 aliphatic rings. The van der Waals surface area contributed by atoms with Crippen LogP contribution < -0.4 is 5.73 Å². The zero-order valence-electron chi connectivity index (χ0n) is 9.35. The summed E-state index contributed by atoms with van der Waals surface area (Å²) in [7, 11) is 0. The molecule has 0 aliphatic carbocycles. The van der Waals surface area contributed by atoms with Crippen molar-refractivity contribution in [3.05, 3.63) is 0 Å². The van der Waals surface area contributed by atoms with Crippen LogP contribution in [0.5, 0.6) is 0 Å². The number of halogens is 1. The van der Waals surface area contributed by atoms with Gasteiger partial charge in [0.05, 0.1) is 13.2 Å². The lowest BCUT2D eigenvalue weighted by Gasteiger charge is -2.38. The molecule has 1 rings (SSSR count). The van der Waals surface area contributed by atoms with Crippen LogP contribution in [0.4, 0.5) is 4.39 Å². The number of rotatable bonds is 5. The van der Waals surface area contributed by atoms with Gasteiger partial charge in [-0.15, -0.1) is 0 Å². The van der Waals surface area contributed by atoms with Crippen LogP contribution in [0.25, 0.3) is 0 Å². The van der Waals surface area contributed by atoms with Crippen molar-refractivity contribution in [2.75, 3.05) is 13.2 Å². The molecule has 0 saturated carbocycles. The molecule has 9 heteroatoms. The van der Waals surface area contributed by atoms with Gasteiger partial charge in [0.15, 0.2) is 12.5 Å². The predicted molar refractivity (Wildman–Crippen MR) is 54.2 cm³/mol. The maximum atomic E-state index is 13.5. The minimum atomic E-state index is -2.07. The Morgan fingerprint density at radius 3 is 2.56 bits per heavy atom. The second kappa shape index (κ2) is 6.36. The molecule has 18 heavy (non-hydrogen) atoms. The molecule has 6 atom stereocenters. The smallest absolute Gasteiger partial charge is 0.322 e. The van der Waals surface area contributed by atoms with E-state index in [2.05, 4.69) is 0 Å². The van der Waals surface area contributed by atoms with Crippen molar-refractivity contribution in [1.29, 1.82) is 0 Å². The van der Waals surface area contributed by atoms with E-state index >= 15 is 0 Å². The number of nitrogens with two attached hydrogens (primary N) is 1. The number of aliphatic carboxylic acids is 1. The topological polar surface area (TPSA) is 142 Å². The number of hydrogen-bond donors (Lipinski definition) is 5. The molecule has 1 aliphatic heterocycles. The monoisotopic (exact) mass is 268 g/mol. The van der Waals surface area contributed by atoms with E-state index in [1.54, 1.807) is 0 Å². The number of carboxylic acid groups (broad SMARTS) is 1. The van der Waals surface area contributed by atoms with Crippen LogP contribution in [0, 0.1) is 0 Å².